The van der Waals surface area contributed by atoms with Crippen LogP contribution in [-0.4, -0.2) is 5.97 Å². The van der Waals surface area contributed by atoms with Gasteiger partial charge >= 0.3 is 5.97 Å². The van der Waals surface area contributed by atoms with Gasteiger partial charge in [0.2, 0.25) is 0 Å². The molecule has 0 atom stereocenters. The Hall–Kier alpha value is -1.57. The summed E-state index contributed by atoms with van der Waals surface area (Å²) in [7, 11) is 0. The average Bonchev–Trinajstić information content (AvgIpc) is 2.27. The van der Waals surface area contributed by atoms with E-state index in [9.17, 15) is 4.79 Å². The second kappa shape index (κ2) is 8.57. The molecule has 0 heterocycles. The topological polar surface area (TPSA) is 26.3 Å². The fourth-order valence-corrected chi connectivity index (χ4v) is 0.610. The molecule has 0 saturated heterocycles. The molecule has 2 heteroatoms. The van der Waals surface area contributed by atoms with Gasteiger partial charge in [-0.05, 0) is 52.3 Å². The molecule has 0 aromatic rings. The van der Waals surface area contributed by atoms with E-state index in [1.807, 2.05) is 0 Å². The molecule has 0 amide bonds. The van der Waals surface area contributed by atoms with E-state index in [1.54, 1.807) is 12.2 Å². The van der Waals surface area contributed by atoms with Gasteiger partial charge in [-0.3, -0.25) is 0 Å². The molecule has 0 aromatic carbocycles. The summed E-state index contributed by atoms with van der Waals surface area (Å²) in [6.07, 6.45) is 10.9. The zero-order chi connectivity index (χ0) is 13.3. The van der Waals surface area contributed by atoms with Crippen molar-refractivity contribution < 1.29 is 9.53 Å². The van der Waals surface area contributed by atoms with Crippen molar-refractivity contribution in [3.8, 4) is 0 Å². The third-order valence-electron chi connectivity index (χ3n) is 1.44. The SMILES string of the molecule is [CH2][C]=C([CH2])C(=O)O[CH][C]=C([CH2])/C=C/[C]=C([CH2])[CH2]. The van der Waals surface area contributed by atoms with Gasteiger partial charge in [-0.25, -0.2) is 4.79 Å². The van der Waals surface area contributed by atoms with Crippen molar-refractivity contribution in [2.75, 3.05) is 0 Å². The molecule has 0 spiro atoms. The monoisotopic (exact) mass is 225 g/mol. The van der Waals surface area contributed by atoms with Crippen LogP contribution in [0.1, 0.15) is 0 Å². The van der Waals surface area contributed by atoms with Crippen molar-refractivity contribution in [1.82, 2.24) is 0 Å². The van der Waals surface area contributed by atoms with E-state index in [0.29, 0.717) is 11.1 Å². The zero-order valence-corrected chi connectivity index (χ0v) is 9.58. The standard InChI is InChI=1S/C15H13O2/c1-6-14(5)15(16)17-11-10-13(4)9-7-8-12(2)3/h7,9,11H,1-5H2/b9-7+,13-10?,14-6?. The Morgan fingerprint density at radius 3 is 2.29 bits per heavy atom. The first-order valence-electron chi connectivity index (χ1n) is 4.61. The molecule has 0 N–H and O–H groups in total. The summed E-state index contributed by atoms with van der Waals surface area (Å²) >= 11 is 0. The quantitative estimate of drug-likeness (QED) is 0.408. The van der Waals surface area contributed by atoms with Gasteiger partial charge < -0.3 is 4.74 Å². The molecular weight excluding hydrogens is 212 g/mol. The fourth-order valence-electron chi connectivity index (χ4n) is 0.610. The predicted octanol–water partition coefficient (Wildman–Crippen LogP) is 2.61. The minimum atomic E-state index is -0.631. The lowest BCUT2D eigenvalue weighted by Gasteiger charge is -1.99. The zero-order valence-electron chi connectivity index (χ0n) is 9.58. The number of carbonyl (C=O) groups excluding carboxylic acids is 1. The number of allylic oxidation sites excluding steroid dienone is 6. The Morgan fingerprint density at radius 2 is 1.76 bits per heavy atom. The lowest BCUT2D eigenvalue weighted by molar-refractivity contribution is -0.134. The summed E-state index contributed by atoms with van der Waals surface area (Å²) in [5.41, 5.74) is 1.13. The summed E-state index contributed by atoms with van der Waals surface area (Å²) in [5, 5.41) is 0. The first kappa shape index (κ1) is 15.4. The van der Waals surface area contributed by atoms with Crippen molar-refractivity contribution in [1.29, 1.82) is 0 Å². The Bertz CT molecular complexity index is 364. The van der Waals surface area contributed by atoms with Crippen LogP contribution in [0, 0.1) is 59.5 Å². The summed E-state index contributed by atoms with van der Waals surface area (Å²) in [5.74, 6) is -0.631. The fraction of sp³-hybridized carbons (Fsp3) is 0. The summed E-state index contributed by atoms with van der Waals surface area (Å²) in [6.45, 7) is 18.5. The van der Waals surface area contributed by atoms with E-state index < -0.39 is 5.97 Å². The minimum Gasteiger partial charge on any atom is -0.450 e. The maximum Gasteiger partial charge on any atom is 0.335 e. The van der Waals surface area contributed by atoms with E-state index in [-0.39, 0.29) is 5.57 Å². The second-order valence-corrected chi connectivity index (χ2v) is 2.93. The van der Waals surface area contributed by atoms with Crippen LogP contribution in [0.25, 0.3) is 0 Å². The molecule has 9 radical (unpaired) electrons. The number of esters is 1. The van der Waals surface area contributed by atoms with Gasteiger partial charge in [0, 0.05) is 11.6 Å². The molecule has 0 bridgehead atoms. The van der Waals surface area contributed by atoms with Crippen LogP contribution >= 0.6 is 0 Å². The number of hydrogen-bond acceptors (Lipinski definition) is 2. The molecule has 0 saturated carbocycles. The minimum absolute atomic E-state index is 0.0548. The van der Waals surface area contributed by atoms with Gasteiger partial charge in [0.05, 0.1) is 0 Å². The van der Waals surface area contributed by atoms with Crippen LogP contribution in [0.4, 0.5) is 0 Å². The number of rotatable bonds is 5. The molecule has 0 aliphatic rings. The van der Waals surface area contributed by atoms with Crippen LogP contribution in [0.2, 0.25) is 0 Å². The summed E-state index contributed by atoms with van der Waals surface area (Å²) in [6, 6.07) is 0. The first-order valence-corrected chi connectivity index (χ1v) is 4.61. The molecular formula is C15H13O2. The van der Waals surface area contributed by atoms with E-state index in [2.05, 4.69) is 57.6 Å². The van der Waals surface area contributed by atoms with Gasteiger partial charge in [-0.1, -0.05) is 17.7 Å². The average molecular weight is 225 g/mol. The van der Waals surface area contributed by atoms with Crippen LogP contribution in [0.5, 0.6) is 0 Å². The van der Waals surface area contributed by atoms with Crippen LogP contribution in [0.3, 0.4) is 0 Å². The molecule has 0 rings (SSSR count). The van der Waals surface area contributed by atoms with Gasteiger partial charge in [0.25, 0.3) is 0 Å². The Balaban J connectivity index is 4.14. The normalized spacial score (nSPS) is 12.8. The lowest BCUT2D eigenvalue weighted by Crippen LogP contribution is -2.03. The number of hydrogen-bond donors (Lipinski definition) is 0. The van der Waals surface area contributed by atoms with Crippen molar-refractivity contribution in [2.45, 2.75) is 0 Å². The Morgan fingerprint density at radius 1 is 1.12 bits per heavy atom. The van der Waals surface area contributed by atoms with Crippen molar-refractivity contribution in [3.05, 3.63) is 88.3 Å². The van der Waals surface area contributed by atoms with Crippen LogP contribution in [-0.2, 0) is 9.53 Å². The van der Waals surface area contributed by atoms with Crippen molar-refractivity contribution >= 4 is 5.97 Å². The molecule has 85 valence electrons. The number of carbonyl (C=O) groups is 1. The van der Waals surface area contributed by atoms with Crippen molar-refractivity contribution in [2.24, 2.45) is 0 Å². The Kier molecular flexibility index (Phi) is 7.78. The van der Waals surface area contributed by atoms with E-state index >= 15 is 0 Å². The number of ether oxygens (including phenoxy) is 1. The summed E-state index contributed by atoms with van der Waals surface area (Å²) in [4.78, 5) is 11.1. The predicted molar refractivity (Wildman–Crippen MR) is 66.6 cm³/mol. The highest BCUT2D eigenvalue weighted by Gasteiger charge is 2.03. The van der Waals surface area contributed by atoms with Crippen LogP contribution < -0.4 is 0 Å². The highest BCUT2D eigenvalue weighted by Crippen LogP contribution is 2.00. The molecule has 0 aromatic heterocycles. The van der Waals surface area contributed by atoms with E-state index in [1.165, 1.54) is 0 Å². The lowest BCUT2D eigenvalue weighted by atomic mass is 10.2. The molecule has 17 heavy (non-hydrogen) atoms. The first-order chi connectivity index (χ1) is 7.97. The van der Waals surface area contributed by atoms with Gasteiger partial charge in [0.1, 0.15) is 0 Å². The Labute approximate surface area is 104 Å². The van der Waals surface area contributed by atoms with Crippen molar-refractivity contribution in [3.63, 3.8) is 0 Å². The van der Waals surface area contributed by atoms with E-state index in [0.717, 1.165) is 6.61 Å². The largest absolute Gasteiger partial charge is 0.450 e. The second-order valence-electron chi connectivity index (χ2n) is 2.93. The molecule has 0 fully saturated rings. The smallest absolute Gasteiger partial charge is 0.335 e. The maximum atomic E-state index is 11.1. The maximum absolute atomic E-state index is 11.1. The molecule has 0 aliphatic heterocycles. The van der Waals surface area contributed by atoms with Gasteiger partial charge in [0.15, 0.2) is 6.61 Å². The highest BCUT2D eigenvalue weighted by molar-refractivity contribution is 5.89. The molecule has 0 unspecified atom stereocenters. The summed E-state index contributed by atoms with van der Waals surface area (Å²) < 4.78 is 4.67. The van der Waals surface area contributed by atoms with E-state index in [4.69, 9.17) is 0 Å². The third kappa shape index (κ3) is 8.26. The van der Waals surface area contributed by atoms with Gasteiger partial charge in [-0.15, -0.1) is 0 Å². The van der Waals surface area contributed by atoms with Crippen LogP contribution in [0.15, 0.2) is 28.9 Å². The third-order valence-corrected chi connectivity index (χ3v) is 1.44. The van der Waals surface area contributed by atoms with Gasteiger partial charge in [-0.2, -0.15) is 0 Å². The molecule has 0 aliphatic carbocycles. The highest BCUT2D eigenvalue weighted by atomic mass is 16.5. The molecule has 2 nitrogen and oxygen atoms in total.